The third-order valence-electron chi connectivity index (χ3n) is 7.01. The van der Waals surface area contributed by atoms with Crippen LogP contribution in [-0.2, 0) is 15.6 Å². The highest BCUT2D eigenvalue weighted by atomic mass is 16.5. The normalized spacial score (nSPS) is 12.6. The fourth-order valence-electron chi connectivity index (χ4n) is 3.69. The Balaban J connectivity index is 2.37. The number of amides is 2. The summed E-state index contributed by atoms with van der Waals surface area (Å²) in [7, 11) is 0. The van der Waals surface area contributed by atoms with E-state index in [2.05, 4.69) is 59.0 Å². The van der Waals surface area contributed by atoms with Crippen LogP contribution in [0.25, 0.3) is 0 Å². The number of nitrogen functional groups attached to an aromatic ring is 1. The summed E-state index contributed by atoms with van der Waals surface area (Å²) < 4.78 is 6.29. The predicted octanol–water partition coefficient (Wildman–Crippen LogP) is 5.27. The second-order valence-electron chi connectivity index (χ2n) is 10.1. The first-order chi connectivity index (χ1) is 16.4. The summed E-state index contributed by atoms with van der Waals surface area (Å²) in [5, 5.41) is 2.80. The molecule has 2 amide bonds. The number of ether oxygens (including phenoxy) is 1. The highest BCUT2D eigenvalue weighted by molar-refractivity contribution is 6.03. The number of hydrogen-bond donors (Lipinski definition) is 3. The molecule has 7 nitrogen and oxygen atoms in total. The Morgan fingerprint density at radius 3 is 2.20 bits per heavy atom. The molecule has 0 fully saturated rings. The van der Waals surface area contributed by atoms with Crippen molar-refractivity contribution in [1.29, 1.82) is 0 Å². The summed E-state index contributed by atoms with van der Waals surface area (Å²) in [5.41, 5.74) is 4.84. The van der Waals surface area contributed by atoms with Crippen molar-refractivity contribution < 1.29 is 19.1 Å². The van der Waals surface area contributed by atoms with E-state index in [1.807, 2.05) is 18.4 Å². The lowest BCUT2D eigenvalue weighted by Crippen LogP contribution is -2.34. The fraction of sp³-hybridized carbons (Fsp3) is 0.464. The van der Waals surface area contributed by atoms with Gasteiger partial charge >= 0.3 is 0 Å². The number of rotatable bonds is 11. The van der Waals surface area contributed by atoms with Crippen molar-refractivity contribution in [1.82, 2.24) is 5.43 Å². The molecular weight excluding hydrogens is 442 g/mol. The number of benzene rings is 2. The minimum Gasteiger partial charge on any atom is -0.480 e. The number of hydrazine groups is 1. The maximum Gasteiger partial charge on any atom is 0.265 e. The quantitative estimate of drug-likeness (QED) is 0.175. The van der Waals surface area contributed by atoms with E-state index >= 15 is 0 Å². The molecule has 0 saturated carbocycles. The molecule has 1 atom stereocenters. The molecular formula is C28H39N3O4. The average molecular weight is 482 g/mol. The van der Waals surface area contributed by atoms with Gasteiger partial charge in [-0.1, -0.05) is 60.6 Å². The summed E-state index contributed by atoms with van der Waals surface area (Å²) in [4.78, 5) is 36.4. The lowest BCUT2D eigenvalue weighted by Gasteiger charge is -2.31. The summed E-state index contributed by atoms with van der Waals surface area (Å²) >= 11 is 0. The Labute approximate surface area is 208 Å². The molecule has 1 unspecified atom stereocenters. The van der Waals surface area contributed by atoms with Gasteiger partial charge in [-0.2, -0.15) is 0 Å². The van der Waals surface area contributed by atoms with Crippen LogP contribution < -0.4 is 21.3 Å². The Morgan fingerprint density at radius 2 is 1.66 bits per heavy atom. The summed E-state index contributed by atoms with van der Waals surface area (Å²) in [6.07, 6.45) is 2.19. The molecule has 0 saturated heterocycles. The van der Waals surface area contributed by atoms with Crippen LogP contribution in [0.4, 0.5) is 5.69 Å². The number of nitrogens with two attached hydrogens (primary N) is 1. The number of aldehydes is 1. The molecule has 7 heteroatoms. The number of nitrogens with one attached hydrogen (secondary N) is 2. The second-order valence-corrected chi connectivity index (χ2v) is 10.1. The van der Waals surface area contributed by atoms with Gasteiger partial charge in [-0.3, -0.25) is 19.8 Å². The molecule has 35 heavy (non-hydrogen) atoms. The molecule has 0 bridgehead atoms. The fourth-order valence-corrected chi connectivity index (χ4v) is 3.69. The van der Waals surface area contributed by atoms with Gasteiger partial charge in [-0.15, -0.1) is 0 Å². The van der Waals surface area contributed by atoms with Crippen molar-refractivity contribution in [2.45, 2.75) is 84.7 Å². The Kier molecular flexibility index (Phi) is 9.21. The van der Waals surface area contributed by atoms with Gasteiger partial charge < -0.3 is 10.1 Å². The highest BCUT2D eigenvalue weighted by Gasteiger charge is 2.29. The first-order valence-electron chi connectivity index (χ1n) is 12.2. The standard InChI is InChI=1S/C28H39N3O4/c1-8-23(26(34)30-20-13-11-18(17-32)21(16-20)25(33)31-29)35-24-14-12-19(27(4,5)9-2)15-22(24)28(6,7)10-3/h11-17,23H,8-10,29H2,1-7H3,(H,30,34)(H,31,33). The van der Waals surface area contributed by atoms with Crippen molar-refractivity contribution in [3.05, 3.63) is 58.7 Å². The van der Waals surface area contributed by atoms with E-state index in [4.69, 9.17) is 10.6 Å². The molecule has 2 aromatic carbocycles. The van der Waals surface area contributed by atoms with E-state index in [-0.39, 0.29) is 27.9 Å². The van der Waals surface area contributed by atoms with Crippen LogP contribution in [0.2, 0.25) is 0 Å². The highest BCUT2D eigenvalue weighted by Crippen LogP contribution is 2.39. The topological polar surface area (TPSA) is 111 Å². The SMILES string of the molecule is CCC(Oc1ccc(C(C)(C)CC)cc1C(C)(C)CC)C(=O)Nc1ccc(C=O)c(C(=O)NN)c1. The van der Waals surface area contributed by atoms with Crippen LogP contribution in [0.3, 0.4) is 0 Å². The monoisotopic (exact) mass is 481 g/mol. The molecule has 2 aromatic rings. The molecule has 0 aliphatic rings. The van der Waals surface area contributed by atoms with E-state index in [1.54, 1.807) is 6.07 Å². The maximum atomic E-state index is 13.1. The summed E-state index contributed by atoms with van der Waals surface area (Å²) in [6, 6.07) is 10.7. The maximum absolute atomic E-state index is 13.1. The van der Waals surface area contributed by atoms with Gasteiger partial charge in [0.2, 0.25) is 0 Å². The van der Waals surface area contributed by atoms with Gasteiger partial charge in [0.15, 0.2) is 12.4 Å². The second kappa shape index (κ2) is 11.5. The smallest absolute Gasteiger partial charge is 0.265 e. The van der Waals surface area contributed by atoms with Crippen molar-refractivity contribution >= 4 is 23.8 Å². The first kappa shape index (κ1) is 28.1. The van der Waals surface area contributed by atoms with E-state index in [1.165, 1.54) is 17.7 Å². The molecule has 0 aliphatic carbocycles. The van der Waals surface area contributed by atoms with Gasteiger partial charge in [0.25, 0.3) is 11.8 Å². The zero-order valence-corrected chi connectivity index (χ0v) is 22.0. The largest absolute Gasteiger partial charge is 0.480 e. The van der Waals surface area contributed by atoms with Crippen LogP contribution in [0, 0.1) is 0 Å². The summed E-state index contributed by atoms with van der Waals surface area (Å²) in [5.74, 6) is 4.95. The number of anilines is 1. The van der Waals surface area contributed by atoms with Gasteiger partial charge in [0, 0.05) is 16.8 Å². The minimum absolute atomic E-state index is 0.0276. The van der Waals surface area contributed by atoms with E-state index < -0.39 is 12.0 Å². The third-order valence-corrected chi connectivity index (χ3v) is 7.01. The van der Waals surface area contributed by atoms with Gasteiger partial charge in [-0.05, 0) is 59.9 Å². The molecule has 0 radical (unpaired) electrons. The molecule has 0 heterocycles. The Bertz CT molecular complexity index is 1080. The van der Waals surface area contributed by atoms with Crippen molar-refractivity contribution in [3.8, 4) is 5.75 Å². The minimum atomic E-state index is -0.746. The van der Waals surface area contributed by atoms with Crippen LogP contribution in [0.5, 0.6) is 5.75 Å². The number of carbonyl (C=O) groups is 3. The Hall–Kier alpha value is -3.19. The Morgan fingerprint density at radius 1 is 1.00 bits per heavy atom. The molecule has 4 N–H and O–H groups in total. The zero-order valence-electron chi connectivity index (χ0n) is 22.0. The number of hydrogen-bond acceptors (Lipinski definition) is 5. The molecule has 0 aromatic heterocycles. The number of carbonyl (C=O) groups excluding carboxylic acids is 3. The van der Waals surface area contributed by atoms with Gasteiger partial charge in [0.05, 0.1) is 5.56 Å². The average Bonchev–Trinajstić information content (AvgIpc) is 2.86. The molecule has 2 rings (SSSR count). The van der Waals surface area contributed by atoms with Crippen LogP contribution >= 0.6 is 0 Å². The van der Waals surface area contributed by atoms with E-state index in [0.717, 1.165) is 18.4 Å². The van der Waals surface area contributed by atoms with Crippen LogP contribution in [-0.4, -0.2) is 24.2 Å². The van der Waals surface area contributed by atoms with Crippen LogP contribution in [0.15, 0.2) is 36.4 Å². The van der Waals surface area contributed by atoms with Crippen molar-refractivity contribution in [2.75, 3.05) is 5.32 Å². The third kappa shape index (κ3) is 6.48. The molecule has 0 aliphatic heterocycles. The zero-order chi connectivity index (χ0) is 26.4. The van der Waals surface area contributed by atoms with Crippen LogP contribution in [0.1, 0.15) is 99.6 Å². The van der Waals surface area contributed by atoms with Crippen molar-refractivity contribution in [2.24, 2.45) is 5.84 Å². The van der Waals surface area contributed by atoms with E-state index in [0.29, 0.717) is 24.1 Å². The van der Waals surface area contributed by atoms with E-state index in [9.17, 15) is 14.4 Å². The van der Waals surface area contributed by atoms with Crippen molar-refractivity contribution in [3.63, 3.8) is 0 Å². The first-order valence-corrected chi connectivity index (χ1v) is 12.2. The summed E-state index contributed by atoms with van der Waals surface area (Å²) in [6.45, 7) is 15.0. The lowest BCUT2D eigenvalue weighted by atomic mass is 9.76. The molecule has 190 valence electrons. The molecule has 0 spiro atoms. The van der Waals surface area contributed by atoms with Gasteiger partial charge in [-0.25, -0.2) is 5.84 Å². The van der Waals surface area contributed by atoms with Gasteiger partial charge in [0.1, 0.15) is 5.75 Å². The predicted molar refractivity (Wildman–Crippen MR) is 140 cm³/mol. The lowest BCUT2D eigenvalue weighted by molar-refractivity contribution is -0.122.